The van der Waals surface area contributed by atoms with Gasteiger partial charge in [-0.25, -0.2) is 0 Å². The summed E-state index contributed by atoms with van der Waals surface area (Å²) in [4.78, 5) is 0. The summed E-state index contributed by atoms with van der Waals surface area (Å²) in [6, 6.07) is 7.44. The number of benzene rings is 2. The average Bonchev–Trinajstić information content (AvgIpc) is 2.30. The monoisotopic (exact) mass is 284 g/mol. The molecule has 2 aromatic rings. The van der Waals surface area contributed by atoms with Gasteiger partial charge in [-0.3, -0.25) is 0 Å². The molecule has 18 heavy (non-hydrogen) atoms. The first kappa shape index (κ1) is 12.7. The lowest BCUT2D eigenvalue weighted by Gasteiger charge is -2.12. The Morgan fingerprint density at radius 1 is 0.944 bits per heavy atom. The Morgan fingerprint density at radius 2 is 1.61 bits per heavy atom. The highest BCUT2D eigenvalue weighted by molar-refractivity contribution is 6.31. The molecular weight excluding hydrogens is 275 g/mol. The Bertz CT molecular complexity index is 603. The molecule has 0 aromatic heterocycles. The van der Waals surface area contributed by atoms with Crippen molar-refractivity contribution >= 4 is 40.3 Å². The van der Waals surface area contributed by atoms with E-state index in [9.17, 15) is 10.2 Å². The normalized spacial score (nSPS) is 10.3. The molecule has 0 aliphatic carbocycles. The zero-order valence-electron chi connectivity index (χ0n) is 9.11. The molecule has 5 N–H and O–H groups in total. The van der Waals surface area contributed by atoms with E-state index in [-0.39, 0.29) is 22.9 Å². The molecule has 6 heteroatoms. The zero-order chi connectivity index (χ0) is 13.3. The molecular formula is C12H10Cl2N2O2. The number of phenols is 2. The number of aromatic hydroxyl groups is 2. The van der Waals surface area contributed by atoms with E-state index < -0.39 is 0 Å². The van der Waals surface area contributed by atoms with Gasteiger partial charge in [0, 0.05) is 10.0 Å². The van der Waals surface area contributed by atoms with Crippen molar-refractivity contribution in [3.63, 3.8) is 0 Å². The highest BCUT2D eigenvalue weighted by atomic mass is 35.5. The summed E-state index contributed by atoms with van der Waals surface area (Å²) < 4.78 is 0. The number of hydrogen-bond donors (Lipinski definition) is 4. The average molecular weight is 285 g/mol. The quantitative estimate of drug-likeness (QED) is 0.501. The number of anilines is 3. The van der Waals surface area contributed by atoms with E-state index in [0.29, 0.717) is 15.7 Å². The molecule has 94 valence electrons. The minimum Gasteiger partial charge on any atom is -0.506 e. The van der Waals surface area contributed by atoms with Gasteiger partial charge < -0.3 is 21.3 Å². The fraction of sp³-hybridized carbons (Fsp3) is 0. The van der Waals surface area contributed by atoms with E-state index in [1.54, 1.807) is 6.07 Å². The molecule has 0 aliphatic heterocycles. The van der Waals surface area contributed by atoms with E-state index in [0.717, 1.165) is 0 Å². The van der Waals surface area contributed by atoms with E-state index in [2.05, 4.69) is 5.32 Å². The van der Waals surface area contributed by atoms with Crippen molar-refractivity contribution in [1.29, 1.82) is 0 Å². The third kappa shape index (κ3) is 2.55. The van der Waals surface area contributed by atoms with E-state index in [1.165, 1.54) is 24.3 Å². The Balaban J connectivity index is 2.43. The SMILES string of the molecule is Nc1cc(Cl)cc(Nc2cc(Cl)ccc2O)c1O. The number of nitrogens with one attached hydrogen (secondary N) is 1. The van der Waals surface area contributed by atoms with Crippen LogP contribution in [0.25, 0.3) is 0 Å². The molecule has 2 aromatic carbocycles. The summed E-state index contributed by atoms with van der Waals surface area (Å²) in [5.74, 6) is -0.142. The molecule has 0 amide bonds. The van der Waals surface area contributed by atoms with Crippen LogP contribution in [0.2, 0.25) is 10.0 Å². The van der Waals surface area contributed by atoms with Crippen LogP contribution in [0.15, 0.2) is 30.3 Å². The molecule has 0 heterocycles. The summed E-state index contributed by atoms with van der Waals surface area (Å²) in [7, 11) is 0. The van der Waals surface area contributed by atoms with E-state index in [1.807, 2.05) is 0 Å². The van der Waals surface area contributed by atoms with Gasteiger partial charge in [0.05, 0.1) is 17.1 Å². The Kier molecular flexibility index (Phi) is 3.41. The van der Waals surface area contributed by atoms with Crippen LogP contribution >= 0.6 is 23.2 Å². The smallest absolute Gasteiger partial charge is 0.162 e. The number of halogens is 2. The topological polar surface area (TPSA) is 78.5 Å². The molecule has 0 spiro atoms. The fourth-order valence-corrected chi connectivity index (χ4v) is 1.87. The molecule has 0 fully saturated rings. The first-order valence-corrected chi connectivity index (χ1v) is 5.76. The minimum absolute atomic E-state index is 0.00246. The molecule has 0 saturated heterocycles. The molecule has 0 atom stereocenters. The first-order chi connectivity index (χ1) is 8.47. The number of phenolic OH excluding ortho intramolecular Hbond substituents is 2. The Hall–Kier alpha value is -1.78. The lowest BCUT2D eigenvalue weighted by Crippen LogP contribution is -1.94. The molecule has 2 rings (SSSR count). The summed E-state index contributed by atoms with van der Waals surface area (Å²) in [5.41, 5.74) is 6.36. The molecule has 0 saturated carbocycles. The Morgan fingerprint density at radius 3 is 2.33 bits per heavy atom. The molecule has 0 bridgehead atoms. The standard InChI is InChI=1S/C12H10Cl2N2O2/c13-6-1-2-11(17)9(4-6)16-10-5-7(14)3-8(15)12(10)18/h1-5,16-18H,15H2. The van der Waals surface area contributed by atoms with Crippen LogP contribution < -0.4 is 11.1 Å². The fourth-order valence-electron chi connectivity index (χ4n) is 1.47. The maximum atomic E-state index is 9.78. The van der Waals surface area contributed by atoms with Crippen LogP contribution in [-0.4, -0.2) is 10.2 Å². The van der Waals surface area contributed by atoms with Crippen molar-refractivity contribution in [2.45, 2.75) is 0 Å². The van der Waals surface area contributed by atoms with Crippen LogP contribution in [0.5, 0.6) is 11.5 Å². The van der Waals surface area contributed by atoms with Gasteiger partial charge in [0.25, 0.3) is 0 Å². The van der Waals surface area contributed by atoms with Crippen LogP contribution in [0, 0.1) is 0 Å². The van der Waals surface area contributed by atoms with Crippen LogP contribution in [0.4, 0.5) is 17.1 Å². The minimum atomic E-state index is -0.140. The van der Waals surface area contributed by atoms with Crippen LogP contribution in [-0.2, 0) is 0 Å². The number of hydrogen-bond acceptors (Lipinski definition) is 4. The van der Waals surface area contributed by atoms with Crippen molar-refractivity contribution in [2.75, 3.05) is 11.1 Å². The lowest BCUT2D eigenvalue weighted by atomic mass is 10.2. The molecule has 0 radical (unpaired) electrons. The largest absolute Gasteiger partial charge is 0.506 e. The second kappa shape index (κ2) is 4.84. The summed E-state index contributed by atoms with van der Waals surface area (Å²) >= 11 is 11.7. The molecule has 0 aliphatic rings. The third-order valence-electron chi connectivity index (χ3n) is 2.33. The van der Waals surface area contributed by atoms with Gasteiger partial charge in [-0.15, -0.1) is 0 Å². The maximum Gasteiger partial charge on any atom is 0.162 e. The van der Waals surface area contributed by atoms with Crippen LogP contribution in [0.1, 0.15) is 0 Å². The lowest BCUT2D eigenvalue weighted by molar-refractivity contribution is 0.476. The van der Waals surface area contributed by atoms with Gasteiger partial charge in [0.2, 0.25) is 0 Å². The zero-order valence-corrected chi connectivity index (χ0v) is 10.6. The number of nitrogen functional groups attached to an aromatic ring is 1. The van der Waals surface area contributed by atoms with Crippen molar-refractivity contribution < 1.29 is 10.2 Å². The van der Waals surface area contributed by atoms with Crippen molar-refractivity contribution in [2.24, 2.45) is 0 Å². The second-order valence-electron chi connectivity index (χ2n) is 3.68. The van der Waals surface area contributed by atoms with Gasteiger partial charge in [0.1, 0.15) is 5.75 Å². The van der Waals surface area contributed by atoms with E-state index >= 15 is 0 Å². The summed E-state index contributed by atoms with van der Waals surface area (Å²) in [5, 5.41) is 23.1. The molecule has 4 nitrogen and oxygen atoms in total. The van der Waals surface area contributed by atoms with Crippen molar-refractivity contribution in [1.82, 2.24) is 0 Å². The predicted octanol–water partition coefficient (Wildman–Crippen LogP) is 3.73. The maximum absolute atomic E-state index is 9.78. The van der Waals surface area contributed by atoms with Crippen molar-refractivity contribution in [3.8, 4) is 11.5 Å². The van der Waals surface area contributed by atoms with Gasteiger partial charge in [-0.2, -0.15) is 0 Å². The highest BCUT2D eigenvalue weighted by Crippen LogP contribution is 2.37. The summed E-state index contributed by atoms with van der Waals surface area (Å²) in [6.07, 6.45) is 0. The Labute approximate surface area is 114 Å². The van der Waals surface area contributed by atoms with Gasteiger partial charge in [-0.1, -0.05) is 23.2 Å². The van der Waals surface area contributed by atoms with Gasteiger partial charge >= 0.3 is 0 Å². The molecule has 0 unspecified atom stereocenters. The number of nitrogens with two attached hydrogens (primary N) is 1. The van der Waals surface area contributed by atoms with Gasteiger partial charge in [-0.05, 0) is 30.3 Å². The first-order valence-electron chi connectivity index (χ1n) is 5.01. The predicted molar refractivity (Wildman–Crippen MR) is 73.9 cm³/mol. The van der Waals surface area contributed by atoms with Gasteiger partial charge in [0.15, 0.2) is 5.75 Å². The van der Waals surface area contributed by atoms with E-state index in [4.69, 9.17) is 28.9 Å². The summed E-state index contributed by atoms with van der Waals surface area (Å²) in [6.45, 7) is 0. The van der Waals surface area contributed by atoms with Crippen molar-refractivity contribution in [3.05, 3.63) is 40.4 Å². The second-order valence-corrected chi connectivity index (χ2v) is 4.55. The third-order valence-corrected chi connectivity index (χ3v) is 2.79. The highest BCUT2D eigenvalue weighted by Gasteiger charge is 2.09. The van der Waals surface area contributed by atoms with Crippen LogP contribution in [0.3, 0.4) is 0 Å². The number of rotatable bonds is 2.